The van der Waals surface area contributed by atoms with E-state index >= 15 is 0 Å². The minimum atomic E-state index is -0.988. The van der Waals surface area contributed by atoms with Gasteiger partial charge in [-0.1, -0.05) is 45.4 Å². The number of ether oxygens (including phenoxy) is 1. The second-order valence-corrected chi connectivity index (χ2v) is 18.4. The molecule has 0 aromatic heterocycles. The molecule has 57 heavy (non-hydrogen) atoms. The lowest BCUT2D eigenvalue weighted by molar-refractivity contribution is -0.164. The topological polar surface area (TPSA) is 133 Å². The Bertz CT molecular complexity index is 2200. The summed E-state index contributed by atoms with van der Waals surface area (Å²) >= 11 is 13.5. The summed E-state index contributed by atoms with van der Waals surface area (Å²) in [4.78, 5) is 72.8. The van der Waals surface area contributed by atoms with E-state index in [1.165, 1.54) is 0 Å². The first-order valence-electron chi connectivity index (χ1n) is 19.3. The molecule has 8 rings (SSSR count). The lowest BCUT2D eigenvalue weighted by atomic mass is 9.49. The summed E-state index contributed by atoms with van der Waals surface area (Å²) in [5.41, 5.74) is 3.75. The van der Waals surface area contributed by atoms with Crippen LogP contribution in [0.5, 0.6) is 5.75 Å². The van der Waals surface area contributed by atoms with Crippen molar-refractivity contribution in [3.8, 4) is 5.75 Å². The molecule has 5 amide bonds. The van der Waals surface area contributed by atoms with Crippen LogP contribution in [-0.2, 0) is 22.7 Å². The molecule has 1 aliphatic carbocycles. The van der Waals surface area contributed by atoms with Crippen molar-refractivity contribution in [3.05, 3.63) is 98.9 Å². The number of carbonyl (C=O) groups is 5. The van der Waals surface area contributed by atoms with Gasteiger partial charge < -0.3 is 15.0 Å². The minimum absolute atomic E-state index is 0.0793. The second kappa shape index (κ2) is 14.1. The van der Waals surface area contributed by atoms with Crippen LogP contribution in [0.3, 0.4) is 0 Å². The number of hydrogen-bond acceptors (Lipinski definition) is 8. The van der Waals surface area contributed by atoms with Gasteiger partial charge in [0.15, 0.2) is 0 Å². The number of imide groups is 2. The highest BCUT2D eigenvalue weighted by Gasteiger charge is 2.64. The zero-order chi connectivity index (χ0) is 40.6. The number of carbonyl (C=O) groups excluding carboxylic acids is 5. The van der Waals surface area contributed by atoms with Crippen LogP contribution in [0.2, 0.25) is 5.02 Å². The third kappa shape index (κ3) is 6.83. The maximum atomic E-state index is 13.5. The summed E-state index contributed by atoms with van der Waals surface area (Å²) in [6, 6.07) is 15.2. The van der Waals surface area contributed by atoms with E-state index in [2.05, 4.69) is 53.0 Å². The maximum Gasteiger partial charge on any atom is 0.262 e. The highest BCUT2D eigenvalue weighted by molar-refractivity contribution is 6.33. The first-order chi connectivity index (χ1) is 27.0. The summed E-state index contributed by atoms with van der Waals surface area (Å²) in [6.45, 7) is 18.9. The Labute approximate surface area is 341 Å². The van der Waals surface area contributed by atoms with Gasteiger partial charge in [-0.15, -0.1) is 11.6 Å². The van der Waals surface area contributed by atoms with Gasteiger partial charge in [-0.3, -0.25) is 39.1 Å². The third-order valence-corrected chi connectivity index (χ3v) is 13.4. The van der Waals surface area contributed by atoms with Crippen molar-refractivity contribution in [2.75, 3.05) is 24.5 Å². The van der Waals surface area contributed by atoms with Crippen molar-refractivity contribution < 1.29 is 28.7 Å². The first kappa shape index (κ1) is 38.9. The molecule has 1 saturated carbocycles. The molecular weight excluding hydrogens is 767 g/mol. The van der Waals surface area contributed by atoms with Crippen LogP contribution in [0.1, 0.15) is 95.6 Å². The molecule has 0 bridgehead atoms. The lowest BCUT2D eigenvalue weighted by Gasteiger charge is -2.63. The van der Waals surface area contributed by atoms with E-state index < -0.39 is 34.5 Å². The molecule has 12 nitrogen and oxygen atoms in total. The molecule has 5 aliphatic rings. The summed E-state index contributed by atoms with van der Waals surface area (Å²) < 4.78 is 6.38. The van der Waals surface area contributed by atoms with Crippen molar-refractivity contribution in [2.24, 2.45) is 10.8 Å². The molecule has 2 N–H and O–H groups in total. The van der Waals surface area contributed by atoms with Gasteiger partial charge in [0.25, 0.3) is 17.7 Å². The van der Waals surface area contributed by atoms with Gasteiger partial charge in [-0.05, 0) is 78.9 Å². The predicted molar refractivity (Wildman–Crippen MR) is 215 cm³/mol. The van der Waals surface area contributed by atoms with Crippen molar-refractivity contribution in [2.45, 2.75) is 89.5 Å². The van der Waals surface area contributed by atoms with Gasteiger partial charge in [0, 0.05) is 67.3 Å². The number of amides is 5. The van der Waals surface area contributed by atoms with E-state index in [-0.39, 0.29) is 41.7 Å². The van der Waals surface area contributed by atoms with Crippen molar-refractivity contribution in [1.82, 2.24) is 20.4 Å². The van der Waals surface area contributed by atoms with E-state index in [9.17, 15) is 24.0 Å². The van der Waals surface area contributed by atoms with Crippen LogP contribution >= 0.6 is 23.2 Å². The fourth-order valence-corrected chi connectivity index (χ4v) is 10.5. The maximum absolute atomic E-state index is 13.5. The van der Waals surface area contributed by atoms with Gasteiger partial charge >= 0.3 is 0 Å². The van der Waals surface area contributed by atoms with E-state index in [0.717, 1.165) is 47.6 Å². The molecule has 4 aliphatic heterocycles. The largest absolute Gasteiger partial charge is 0.489 e. The number of nitrogens with one attached hydrogen (secondary N) is 2. The van der Waals surface area contributed by atoms with E-state index in [1.807, 2.05) is 24.3 Å². The van der Waals surface area contributed by atoms with Gasteiger partial charge in [-0.2, -0.15) is 0 Å². The fourth-order valence-electron chi connectivity index (χ4n) is 9.90. The molecule has 2 saturated heterocycles. The molecule has 296 valence electrons. The standard InChI is InChI=1S/C43H44Cl2N6O6/c1-41(2)39(42(3,4)40(41)57-28-10-11-32(46-5)31(44)20-28)48-35(53)24-6-8-27(9-7-24)50-16-14-43(45,15-17-50)23-49-21-25-18-29-30(19-26(25)22-49)38(56)51(37(29)55)33-12-13-34(52)47-36(33)54/h6-11,18-20,33,39-40H,12-17,21-23H2,1-4H3,(H,48,53)(H,47,52,54). The first-order valence-corrected chi connectivity index (χ1v) is 20.0. The Morgan fingerprint density at radius 3 is 2.11 bits per heavy atom. The number of piperidine rings is 2. The summed E-state index contributed by atoms with van der Waals surface area (Å²) in [5, 5.41) is 5.85. The van der Waals surface area contributed by atoms with Crippen LogP contribution in [0.15, 0.2) is 54.6 Å². The van der Waals surface area contributed by atoms with Gasteiger partial charge in [0.2, 0.25) is 17.5 Å². The number of fused-ring (bicyclic) bond motifs is 2. The Morgan fingerprint density at radius 2 is 1.54 bits per heavy atom. The van der Waals surface area contributed by atoms with Crippen LogP contribution in [-0.4, -0.2) is 82.0 Å². The van der Waals surface area contributed by atoms with Crippen LogP contribution < -0.4 is 20.3 Å². The normalized spacial score (nSPS) is 24.6. The van der Waals surface area contributed by atoms with Gasteiger partial charge in [0.05, 0.1) is 27.6 Å². The number of rotatable bonds is 8. The summed E-state index contributed by atoms with van der Waals surface area (Å²) in [5.74, 6) is -1.58. The summed E-state index contributed by atoms with van der Waals surface area (Å²) in [6.07, 6.45) is 1.51. The highest BCUT2D eigenvalue weighted by atomic mass is 35.5. The Kier molecular flexibility index (Phi) is 9.65. The third-order valence-electron chi connectivity index (χ3n) is 12.6. The Hall–Kier alpha value is -4.96. The average molecular weight is 812 g/mol. The molecule has 3 aromatic rings. The van der Waals surface area contributed by atoms with Crippen molar-refractivity contribution in [1.29, 1.82) is 0 Å². The number of anilines is 1. The number of hydrogen-bond donors (Lipinski definition) is 2. The average Bonchev–Trinajstić information content (AvgIpc) is 3.67. The smallest absolute Gasteiger partial charge is 0.262 e. The van der Waals surface area contributed by atoms with Crippen molar-refractivity contribution in [3.63, 3.8) is 0 Å². The number of benzene rings is 3. The molecule has 0 spiro atoms. The fraction of sp³-hybridized carbons (Fsp3) is 0.442. The zero-order valence-corrected chi connectivity index (χ0v) is 33.8. The Balaban J connectivity index is 0.838. The van der Waals surface area contributed by atoms with Crippen molar-refractivity contribution >= 4 is 64.1 Å². The van der Waals surface area contributed by atoms with E-state index in [0.29, 0.717) is 52.8 Å². The number of nitrogens with zero attached hydrogens (tertiary/aromatic N) is 4. The monoisotopic (exact) mass is 810 g/mol. The van der Waals surface area contributed by atoms with E-state index in [1.54, 1.807) is 30.3 Å². The predicted octanol–water partition coefficient (Wildman–Crippen LogP) is 6.50. The molecule has 1 atom stereocenters. The zero-order valence-electron chi connectivity index (χ0n) is 32.3. The van der Waals surface area contributed by atoms with Crippen LogP contribution in [0.4, 0.5) is 11.4 Å². The quantitative estimate of drug-likeness (QED) is 0.150. The van der Waals surface area contributed by atoms with Crippen LogP contribution in [0, 0.1) is 17.4 Å². The molecular formula is C43H44Cl2N6O6. The minimum Gasteiger partial charge on any atom is -0.489 e. The Morgan fingerprint density at radius 1 is 0.930 bits per heavy atom. The number of halogens is 2. The van der Waals surface area contributed by atoms with Gasteiger partial charge in [0.1, 0.15) is 17.9 Å². The van der Waals surface area contributed by atoms with Crippen LogP contribution in [0.25, 0.3) is 4.85 Å². The molecule has 0 radical (unpaired) electrons. The second-order valence-electron chi connectivity index (χ2n) is 17.2. The molecule has 3 fully saturated rings. The number of alkyl halides is 1. The summed E-state index contributed by atoms with van der Waals surface area (Å²) in [7, 11) is 0. The SMILES string of the molecule is [C-]#[N+]c1ccc(OC2C(C)(C)C(NC(=O)c3ccc(N4CCC(Cl)(CN5Cc6cc7c(cc6C5)C(=O)N(C5CCC(=O)NC5=O)C7=O)CC4)cc3)C2(C)C)cc1Cl. The van der Waals surface area contributed by atoms with Gasteiger partial charge in [-0.25, -0.2) is 4.85 Å². The highest BCUT2D eigenvalue weighted by Crippen LogP contribution is 2.56. The molecule has 1 unspecified atom stereocenters. The van der Waals surface area contributed by atoms with E-state index in [4.69, 9.17) is 34.5 Å². The lowest BCUT2D eigenvalue weighted by Crippen LogP contribution is -2.74. The molecule has 4 heterocycles. The molecule has 3 aromatic carbocycles. The molecule has 14 heteroatoms.